The Morgan fingerprint density at radius 2 is 1.80 bits per heavy atom. The second-order valence-corrected chi connectivity index (χ2v) is 6.21. The third-order valence-electron chi connectivity index (χ3n) is 3.95. The average molecular weight is 352 g/mol. The number of pyridine rings is 2. The Kier molecular flexibility index (Phi) is 4.11. The van der Waals surface area contributed by atoms with Crippen molar-refractivity contribution in [2.45, 2.75) is 12.8 Å². The molecule has 4 rings (SSSR count). The number of aromatic nitrogens is 4. The summed E-state index contributed by atoms with van der Waals surface area (Å²) < 4.78 is 0. The van der Waals surface area contributed by atoms with E-state index in [0.717, 1.165) is 24.0 Å². The van der Waals surface area contributed by atoms with Gasteiger partial charge in [0, 0.05) is 41.8 Å². The molecule has 3 heterocycles. The van der Waals surface area contributed by atoms with E-state index >= 15 is 0 Å². The van der Waals surface area contributed by atoms with Crippen LogP contribution >= 0.6 is 11.6 Å². The fourth-order valence-electron chi connectivity index (χ4n) is 2.50. The smallest absolute Gasteiger partial charge is 0.228 e. The van der Waals surface area contributed by atoms with E-state index in [9.17, 15) is 4.79 Å². The Bertz CT molecular complexity index is 928. The summed E-state index contributed by atoms with van der Waals surface area (Å²) >= 11 is 6.28. The fraction of sp³-hybridized carbons (Fsp3) is 0.167. The number of carbonyl (C=O) groups is 1. The van der Waals surface area contributed by atoms with Crippen molar-refractivity contribution in [1.29, 1.82) is 0 Å². The molecule has 3 aromatic heterocycles. The van der Waals surface area contributed by atoms with Gasteiger partial charge in [-0.05, 0) is 31.0 Å². The molecule has 0 aromatic carbocycles. The minimum absolute atomic E-state index is 0.00956. The molecule has 7 heteroatoms. The van der Waals surface area contributed by atoms with Crippen LogP contribution in [0.3, 0.4) is 0 Å². The first-order chi connectivity index (χ1) is 12.2. The summed E-state index contributed by atoms with van der Waals surface area (Å²) in [6.45, 7) is 0. The number of hydrogen-bond donors (Lipinski definition) is 1. The molecule has 1 N–H and O–H groups in total. The Hall–Kier alpha value is -2.86. The third kappa shape index (κ3) is 3.34. The van der Waals surface area contributed by atoms with Crippen molar-refractivity contribution in [3.63, 3.8) is 0 Å². The molecule has 0 radical (unpaired) electrons. The van der Waals surface area contributed by atoms with Crippen LogP contribution in [0.5, 0.6) is 0 Å². The number of anilines is 1. The summed E-state index contributed by atoms with van der Waals surface area (Å²) in [7, 11) is 0. The highest BCUT2D eigenvalue weighted by Crippen LogP contribution is 2.34. The zero-order valence-electron chi connectivity index (χ0n) is 13.2. The van der Waals surface area contributed by atoms with Gasteiger partial charge in [0.1, 0.15) is 0 Å². The molecule has 1 saturated carbocycles. The van der Waals surface area contributed by atoms with Crippen LogP contribution in [0, 0.1) is 5.92 Å². The summed E-state index contributed by atoms with van der Waals surface area (Å²) in [6, 6.07) is 5.48. The summed E-state index contributed by atoms with van der Waals surface area (Å²) in [5.41, 5.74) is 2.83. The summed E-state index contributed by atoms with van der Waals surface area (Å²) in [4.78, 5) is 29.2. The maximum absolute atomic E-state index is 12.0. The van der Waals surface area contributed by atoms with Gasteiger partial charge < -0.3 is 5.32 Å². The molecule has 1 amide bonds. The van der Waals surface area contributed by atoms with Crippen LogP contribution in [-0.2, 0) is 4.79 Å². The monoisotopic (exact) mass is 351 g/mol. The van der Waals surface area contributed by atoms with Crippen LogP contribution < -0.4 is 5.32 Å². The predicted octanol–water partition coefficient (Wildman–Crippen LogP) is 3.60. The van der Waals surface area contributed by atoms with Crippen molar-refractivity contribution in [2.75, 3.05) is 5.32 Å². The van der Waals surface area contributed by atoms with Gasteiger partial charge in [-0.2, -0.15) is 0 Å². The van der Waals surface area contributed by atoms with Crippen molar-refractivity contribution in [2.24, 2.45) is 5.92 Å². The number of nitrogens with one attached hydrogen (secondary N) is 1. The molecule has 0 bridgehead atoms. The summed E-state index contributed by atoms with van der Waals surface area (Å²) in [5, 5.41) is 3.32. The van der Waals surface area contributed by atoms with Gasteiger partial charge in [0.15, 0.2) is 5.82 Å². The standard InChI is InChI=1S/C18H14ClN5O/c19-14-9-21-8-5-13(14)17-16(11-3-6-20-7-4-11)23-15(10-22-17)24-18(25)12-1-2-12/h3-10,12H,1-2H2,(H,23,24,25). The minimum atomic E-state index is -0.00956. The van der Waals surface area contributed by atoms with Crippen molar-refractivity contribution in [3.05, 3.63) is 54.2 Å². The largest absolute Gasteiger partial charge is 0.309 e. The molecule has 3 aromatic rings. The number of carbonyl (C=O) groups excluding carboxylic acids is 1. The van der Waals surface area contributed by atoms with E-state index in [1.807, 2.05) is 12.1 Å². The van der Waals surface area contributed by atoms with Crippen LogP contribution in [0.1, 0.15) is 12.8 Å². The van der Waals surface area contributed by atoms with E-state index < -0.39 is 0 Å². The first-order valence-electron chi connectivity index (χ1n) is 7.90. The highest BCUT2D eigenvalue weighted by Gasteiger charge is 2.30. The van der Waals surface area contributed by atoms with Gasteiger partial charge in [-0.1, -0.05) is 11.6 Å². The number of rotatable bonds is 4. The molecule has 1 aliphatic rings. The van der Waals surface area contributed by atoms with Crippen molar-refractivity contribution in [3.8, 4) is 22.5 Å². The summed E-state index contributed by atoms with van der Waals surface area (Å²) in [6.07, 6.45) is 10.0. The van der Waals surface area contributed by atoms with Crippen LogP contribution in [0.4, 0.5) is 5.82 Å². The van der Waals surface area contributed by atoms with E-state index in [1.165, 1.54) is 0 Å². The Labute approximate surface area is 149 Å². The van der Waals surface area contributed by atoms with E-state index in [2.05, 4.69) is 25.3 Å². The van der Waals surface area contributed by atoms with Crippen LogP contribution in [0.2, 0.25) is 5.02 Å². The second kappa shape index (κ2) is 6.57. The van der Waals surface area contributed by atoms with Crippen LogP contribution in [0.25, 0.3) is 22.5 Å². The number of halogens is 1. The molecule has 0 unspecified atom stereocenters. The molecule has 0 spiro atoms. The van der Waals surface area contributed by atoms with Gasteiger partial charge in [0.2, 0.25) is 5.91 Å². The summed E-state index contributed by atoms with van der Waals surface area (Å²) in [5.74, 6) is 0.516. The first kappa shape index (κ1) is 15.7. The lowest BCUT2D eigenvalue weighted by Crippen LogP contribution is -2.15. The number of nitrogens with zero attached hydrogens (tertiary/aromatic N) is 4. The lowest BCUT2D eigenvalue weighted by molar-refractivity contribution is -0.117. The van der Waals surface area contributed by atoms with Gasteiger partial charge in [0.25, 0.3) is 0 Å². The Balaban J connectivity index is 1.80. The molecule has 25 heavy (non-hydrogen) atoms. The zero-order valence-corrected chi connectivity index (χ0v) is 13.9. The second-order valence-electron chi connectivity index (χ2n) is 5.81. The molecule has 0 aliphatic heterocycles. The topological polar surface area (TPSA) is 80.7 Å². The molecule has 1 aliphatic carbocycles. The van der Waals surface area contributed by atoms with Crippen molar-refractivity contribution >= 4 is 23.3 Å². The lowest BCUT2D eigenvalue weighted by atomic mass is 10.1. The van der Waals surface area contributed by atoms with Crippen molar-refractivity contribution < 1.29 is 4.79 Å². The minimum Gasteiger partial charge on any atom is -0.309 e. The van der Waals surface area contributed by atoms with Gasteiger partial charge in [0.05, 0.1) is 22.6 Å². The lowest BCUT2D eigenvalue weighted by Gasteiger charge is -2.12. The van der Waals surface area contributed by atoms with Gasteiger partial charge >= 0.3 is 0 Å². The average Bonchev–Trinajstić information content (AvgIpc) is 3.48. The van der Waals surface area contributed by atoms with E-state index in [-0.39, 0.29) is 11.8 Å². The van der Waals surface area contributed by atoms with Gasteiger partial charge in [-0.15, -0.1) is 0 Å². The van der Waals surface area contributed by atoms with Crippen molar-refractivity contribution in [1.82, 2.24) is 19.9 Å². The molecule has 0 atom stereocenters. The van der Waals surface area contributed by atoms with E-state index in [1.54, 1.807) is 37.1 Å². The van der Waals surface area contributed by atoms with Gasteiger partial charge in [-0.3, -0.25) is 19.7 Å². The third-order valence-corrected chi connectivity index (χ3v) is 4.25. The number of hydrogen-bond acceptors (Lipinski definition) is 5. The maximum atomic E-state index is 12.0. The molecular weight excluding hydrogens is 338 g/mol. The molecule has 6 nitrogen and oxygen atoms in total. The Morgan fingerprint density at radius 3 is 2.52 bits per heavy atom. The van der Waals surface area contributed by atoms with Crippen LogP contribution in [0.15, 0.2) is 49.2 Å². The molecule has 1 fully saturated rings. The zero-order chi connectivity index (χ0) is 17.2. The maximum Gasteiger partial charge on any atom is 0.228 e. The van der Waals surface area contributed by atoms with Crippen LogP contribution in [-0.4, -0.2) is 25.8 Å². The highest BCUT2D eigenvalue weighted by atomic mass is 35.5. The number of amides is 1. The normalized spacial score (nSPS) is 13.5. The van der Waals surface area contributed by atoms with E-state index in [0.29, 0.717) is 22.2 Å². The molecule has 124 valence electrons. The van der Waals surface area contributed by atoms with E-state index in [4.69, 9.17) is 11.6 Å². The first-order valence-corrected chi connectivity index (χ1v) is 8.28. The highest BCUT2D eigenvalue weighted by molar-refractivity contribution is 6.33. The fourth-order valence-corrected chi connectivity index (χ4v) is 2.71. The SMILES string of the molecule is O=C(Nc1cnc(-c2ccncc2Cl)c(-c2ccncc2)n1)C1CC1. The molecule has 0 saturated heterocycles. The quantitative estimate of drug-likeness (QED) is 0.776. The predicted molar refractivity (Wildman–Crippen MR) is 94.9 cm³/mol. The Morgan fingerprint density at radius 1 is 1.04 bits per heavy atom. The van der Waals surface area contributed by atoms with Gasteiger partial charge in [-0.25, -0.2) is 4.98 Å². The molecular formula is C18H14ClN5O.